The van der Waals surface area contributed by atoms with E-state index in [0.717, 1.165) is 0 Å². The van der Waals surface area contributed by atoms with E-state index in [0.29, 0.717) is 17.3 Å². The lowest BCUT2D eigenvalue weighted by Crippen LogP contribution is -2.10. The van der Waals surface area contributed by atoms with E-state index in [-0.39, 0.29) is 13.0 Å². The first kappa shape index (κ1) is 12.6. The van der Waals surface area contributed by atoms with Crippen LogP contribution in [-0.4, -0.2) is 17.8 Å². The number of hydrogen-bond donors (Lipinski definition) is 1. The van der Waals surface area contributed by atoms with E-state index in [1.54, 1.807) is 13.0 Å². The third kappa shape index (κ3) is 4.37. The van der Waals surface area contributed by atoms with Crippen LogP contribution < -0.4 is 10.5 Å². The zero-order valence-corrected chi connectivity index (χ0v) is 8.84. The van der Waals surface area contributed by atoms with Gasteiger partial charge in [0, 0.05) is 12.5 Å². The number of nitrogens with two attached hydrogens (primary N) is 1. The highest BCUT2D eigenvalue weighted by Gasteiger charge is 2.26. The largest absolute Gasteiger partial charge is 0.478 e. The number of ether oxygens (including phenoxy) is 1. The molecule has 0 aliphatic heterocycles. The van der Waals surface area contributed by atoms with Crippen molar-refractivity contribution in [2.75, 3.05) is 12.3 Å². The average molecular weight is 234 g/mol. The topological polar surface area (TPSA) is 48.1 Å². The summed E-state index contributed by atoms with van der Waals surface area (Å²) in [7, 11) is 0. The number of anilines is 1. The molecule has 0 bridgehead atoms. The fraction of sp³-hybridized carbons (Fsp3) is 0.500. The van der Waals surface area contributed by atoms with Crippen molar-refractivity contribution in [3.8, 4) is 5.88 Å². The van der Waals surface area contributed by atoms with Gasteiger partial charge in [-0.15, -0.1) is 0 Å². The van der Waals surface area contributed by atoms with Crippen molar-refractivity contribution in [3.63, 3.8) is 0 Å². The summed E-state index contributed by atoms with van der Waals surface area (Å²) in [5, 5.41) is 0. The van der Waals surface area contributed by atoms with Crippen molar-refractivity contribution in [1.29, 1.82) is 0 Å². The summed E-state index contributed by atoms with van der Waals surface area (Å²) in [5.41, 5.74) is 6.67. The molecule has 0 saturated carbocycles. The number of alkyl halides is 3. The fourth-order valence-corrected chi connectivity index (χ4v) is 1.08. The van der Waals surface area contributed by atoms with E-state index < -0.39 is 12.6 Å². The van der Waals surface area contributed by atoms with Crippen molar-refractivity contribution in [2.45, 2.75) is 25.9 Å². The Morgan fingerprint density at radius 1 is 1.38 bits per heavy atom. The van der Waals surface area contributed by atoms with Crippen LogP contribution in [0.15, 0.2) is 12.1 Å². The number of aromatic nitrogens is 1. The van der Waals surface area contributed by atoms with Crippen LogP contribution in [0.2, 0.25) is 0 Å². The Hall–Kier alpha value is -1.46. The zero-order valence-electron chi connectivity index (χ0n) is 8.84. The zero-order chi connectivity index (χ0) is 12.2. The number of nitrogens with zero attached hydrogens (tertiary/aromatic N) is 1. The fourth-order valence-electron chi connectivity index (χ4n) is 1.08. The molecular formula is C10H13F3N2O. The minimum atomic E-state index is -4.13. The third-order valence-electron chi connectivity index (χ3n) is 1.96. The molecule has 2 N–H and O–H groups in total. The van der Waals surface area contributed by atoms with Crippen molar-refractivity contribution in [2.24, 2.45) is 0 Å². The van der Waals surface area contributed by atoms with Crippen LogP contribution in [-0.2, 0) is 0 Å². The maximum absolute atomic E-state index is 11.8. The van der Waals surface area contributed by atoms with Gasteiger partial charge in [0.05, 0.1) is 18.0 Å². The van der Waals surface area contributed by atoms with Gasteiger partial charge in [-0.25, -0.2) is 4.98 Å². The average Bonchev–Trinajstić information content (AvgIpc) is 2.17. The van der Waals surface area contributed by atoms with Crippen molar-refractivity contribution >= 4 is 5.69 Å². The van der Waals surface area contributed by atoms with Gasteiger partial charge in [-0.05, 0) is 19.4 Å². The van der Waals surface area contributed by atoms with Crippen molar-refractivity contribution in [1.82, 2.24) is 4.98 Å². The minimum Gasteiger partial charge on any atom is -0.478 e. The Bertz CT molecular complexity index is 352. The molecule has 0 aliphatic carbocycles. The number of aryl methyl sites for hydroxylation is 1. The first-order chi connectivity index (χ1) is 7.38. The normalized spacial score (nSPS) is 11.5. The van der Waals surface area contributed by atoms with E-state index >= 15 is 0 Å². The number of rotatable bonds is 4. The highest BCUT2D eigenvalue weighted by atomic mass is 19.4. The van der Waals surface area contributed by atoms with Gasteiger partial charge in [-0.3, -0.25) is 0 Å². The first-order valence-corrected chi connectivity index (χ1v) is 4.81. The summed E-state index contributed by atoms with van der Waals surface area (Å²) < 4.78 is 40.5. The molecule has 0 aliphatic rings. The van der Waals surface area contributed by atoms with Gasteiger partial charge in [0.2, 0.25) is 5.88 Å². The Balaban J connectivity index is 2.35. The predicted molar refractivity (Wildman–Crippen MR) is 54.2 cm³/mol. The molecule has 0 saturated heterocycles. The number of hydrogen-bond acceptors (Lipinski definition) is 3. The lowest BCUT2D eigenvalue weighted by molar-refractivity contribution is -0.136. The molecule has 1 aromatic rings. The number of nitrogen functional groups attached to an aromatic ring is 1. The molecular weight excluding hydrogens is 221 g/mol. The quantitative estimate of drug-likeness (QED) is 0.815. The molecule has 0 unspecified atom stereocenters. The van der Waals surface area contributed by atoms with Crippen molar-refractivity contribution in [3.05, 3.63) is 17.8 Å². The molecule has 0 radical (unpaired) electrons. The molecule has 90 valence electrons. The molecule has 3 nitrogen and oxygen atoms in total. The molecule has 1 heterocycles. The second-order valence-electron chi connectivity index (χ2n) is 3.39. The summed E-state index contributed by atoms with van der Waals surface area (Å²) in [6.07, 6.45) is -5.05. The SMILES string of the molecule is Cc1nc(OCCCC(F)(F)F)ccc1N. The minimum absolute atomic E-state index is 0.00410. The highest BCUT2D eigenvalue weighted by molar-refractivity contribution is 5.43. The van der Waals surface area contributed by atoms with Crippen LogP contribution in [0.5, 0.6) is 5.88 Å². The predicted octanol–water partition coefficient (Wildman–Crippen LogP) is 2.69. The second-order valence-corrected chi connectivity index (χ2v) is 3.39. The second kappa shape index (κ2) is 5.05. The summed E-state index contributed by atoms with van der Waals surface area (Å²) in [6, 6.07) is 3.15. The summed E-state index contributed by atoms with van der Waals surface area (Å²) in [4.78, 5) is 3.98. The van der Waals surface area contributed by atoms with E-state index in [9.17, 15) is 13.2 Å². The maximum atomic E-state index is 11.8. The summed E-state index contributed by atoms with van der Waals surface area (Å²) >= 11 is 0. The van der Waals surface area contributed by atoms with Gasteiger partial charge in [-0.1, -0.05) is 0 Å². The Kier molecular flexibility index (Phi) is 3.98. The van der Waals surface area contributed by atoms with Gasteiger partial charge in [0.1, 0.15) is 0 Å². The van der Waals surface area contributed by atoms with Crippen LogP contribution in [0.25, 0.3) is 0 Å². The van der Waals surface area contributed by atoms with Gasteiger partial charge in [0.15, 0.2) is 0 Å². The monoisotopic (exact) mass is 234 g/mol. The van der Waals surface area contributed by atoms with Gasteiger partial charge in [0.25, 0.3) is 0 Å². The Morgan fingerprint density at radius 3 is 2.62 bits per heavy atom. The van der Waals surface area contributed by atoms with Crippen LogP contribution in [0.1, 0.15) is 18.5 Å². The van der Waals surface area contributed by atoms with E-state index in [1.807, 2.05) is 0 Å². The highest BCUT2D eigenvalue weighted by Crippen LogP contribution is 2.21. The molecule has 16 heavy (non-hydrogen) atoms. The first-order valence-electron chi connectivity index (χ1n) is 4.81. The molecule has 0 atom stereocenters. The molecule has 0 amide bonds. The third-order valence-corrected chi connectivity index (χ3v) is 1.96. The number of halogens is 3. The number of pyridine rings is 1. The van der Waals surface area contributed by atoms with Crippen LogP contribution in [0.3, 0.4) is 0 Å². The Morgan fingerprint density at radius 2 is 2.06 bits per heavy atom. The lowest BCUT2D eigenvalue weighted by Gasteiger charge is -2.08. The summed E-state index contributed by atoms with van der Waals surface area (Å²) in [6.45, 7) is 1.70. The molecule has 1 aromatic heterocycles. The van der Waals surface area contributed by atoms with Crippen molar-refractivity contribution < 1.29 is 17.9 Å². The van der Waals surface area contributed by atoms with Gasteiger partial charge in [-0.2, -0.15) is 13.2 Å². The van der Waals surface area contributed by atoms with Gasteiger partial charge >= 0.3 is 6.18 Å². The maximum Gasteiger partial charge on any atom is 0.389 e. The molecule has 0 spiro atoms. The van der Waals surface area contributed by atoms with Crippen LogP contribution in [0, 0.1) is 6.92 Å². The standard InChI is InChI=1S/C10H13F3N2O/c1-7-8(14)3-4-9(15-7)16-6-2-5-10(11,12)13/h3-4H,2,5-6,14H2,1H3. The van der Waals surface area contributed by atoms with E-state index in [1.165, 1.54) is 6.07 Å². The lowest BCUT2D eigenvalue weighted by atomic mass is 10.3. The molecule has 6 heteroatoms. The van der Waals surface area contributed by atoms with E-state index in [2.05, 4.69) is 4.98 Å². The summed E-state index contributed by atoms with van der Waals surface area (Å²) in [5.74, 6) is 0.300. The van der Waals surface area contributed by atoms with E-state index in [4.69, 9.17) is 10.5 Å². The van der Waals surface area contributed by atoms with Crippen LogP contribution >= 0.6 is 0 Å². The smallest absolute Gasteiger partial charge is 0.389 e. The Labute approximate surface area is 91.4 Å². The molecule has 0 aromatic carbocycles. The van der Waals surface area contributed by atoms with Crippen LogP contribution in [0.4, 0.5) is 18.9 Å². The molecule has 0 fully saturated rings. The van der Waals surface area contributed by atoms with Gasteiger partial charge < -0.3 is 10.5 Å². The molecule has 1 rings (SSSR count).